The highest BCUT2D eigenvalue weighted by atomic mass is 79.9. The van der Waals surface area contributed by atoms with E-state index in [4.69, 9.17) is 5.11 Å². The third-order valence-electron chi connectivity index (χ3n) is 3.30. The molecule has 0 bridgehead atoms. The van der Waals surface area contributed by atoms with Gasteiger partial charge in [0.25, 0.3) is 0 Å². The second-order valence-electron chi connectivity index (χ2n) is 4.66. The number of benzene rings is 1. The summed E-state index contributed by atoms with van der Waals surface area (Å²) >= 11 is 3.53. The molecule has 0 radical (unpaired) electrons. The zero-order valence-electron chi connectivity index (χ0n) is 10.5. The smallest absolute Gasteiger partial charge is 0.303 e. The molecule has 0 aliphatic heterocycles. The number of aryl methyl sites for hydroxylation is 1. The summed E-state index contributed by atoms with van der Waals surface area (Å²) in [6.07, 6.45) is 0.872. The Balaban J connectivity index is 2.41. The monoisotopic (exact) mass is 309 g/mol. The van der Waals surface area contributed by atoms with Gasteiger partial charge in [-0.25, -0.2) is 0 Å². The van der Waals surface area contributed by atoms with E-state index in [1.165, 1.54) is 10.9 Å². The molecule has 0 amide bonds. The molecule has 0 aliphatic rings. The van der Waals surface area contributed by atoms with Crippen molar-refractivity contribution < 1.29 is 9.90 Å². The lowest BCUT2D eigenvalue weighted by molar-refractivity contribution is -0.137. The van der Waals surface area contributed by atoms with Crippen LogP contribution in [0.4, 0.5) is 0 Å². The van der Waals surface area contributed by atoms with Crippen molar-refractivity contribution in [1.82, 2.24) is 4.98 Å². The minimum Gasteiger partial charge on any atom is -0.481 e. The van der Waals surface area contributed by atoms with E-state index in [2.05, 4.69) is 33.9 Å². The summed E-state index contributed by atoms with van der Waals surface area (Å²) in [5.41, 5.74) is 3.44. The molecule has 0 saturated carbocycles. The van der Waals surface area contributed by atoms with Crippen LogP contribution in [0.3, 0.4) is 0 Å². The van der Waals surface area contributed by atoms with E-state index >= 15 is 0 Å². The fourth-order valence-corrected chi connectivity index (χ4v) is 2.92. The van der Waals surface area contributed by atoms with Crippen LogP contribution in [0.5, 0.6) is 0 Å². The maximum absolute atomic E-state index is 10.7. The van der Waals surface area contributed by atoms with Crippen LogP contribution in [0.25, 0.3) is 10.9 Å². The Morgan fingerprint density at radius 1 is 1.50 bits per heavy atom. The van der Waals surface area contributed by atoms with Crippen molar-refractivity contribution in [2.45, 2.75) is 32.6 Å². The van der Waals surface area contributed by atoms with Crippen molar-refractivity contribution in [3.63, 3.8) is 0 Å². The molecular weight excluding hydrogens is 294 g/mol. The Hall–Kier alpha value is -1.29. The molecule has 1 heterocycles. The first-order chi connectivity index (χ1) is 8.50. The molecule has 96 valence electrons. The number of para-hydroxylation sites is 1. The van der Waals surface area contributed by atoms with Crippen LogP contribution in [0.1, 0.15) is 36.9 Å². The number of rotatable bonds is 4. The SMILES string of the molecule is Cc1[nH]c2c(Br)cccc2c1C(C)CCC(=O)O. The number of carboxylic acid groups (broad SMARTS) is 1. The molecule has 2 rings (SSSR count). The summed E-state index contributed by atoms with van der Waals surface area (Å²) in [6, 6.07) is 6.09. The van der Waals surface area contributed by atoms with Gasteiger partial charge in [-0.1, -0.05) is 19.1 Å². The Morgan fingerprint density at radius 2 is 2.22 bits per heavy atom. The third-order valence-corrected chi connectivity index (χ3v) is 3.97. The standard InChI is InChI=1S/C14H16BrNO2/c1-8(6-7-12(17)18)13-9(2)16-14-10(13)4-3-5-11(14)15/h3-5,8,16H,6-7H2,1-2H3,(H,17,18). The maximum Gasteiger partial charge on any atom is 0.303 e. The van der Waals surface area contributed by atoms with E-state index in [1.54, 1.807) is 0 Å². The molecule has 2 N–H and O–H groups in total. The number of carbonyl (C=O) groups is 1. The molecule has 0 fully saturated rings. The van der Waals surface area contributed by atoms with Gasteiger partial charge in [0, 0.05) is 22.0 Å². The number of hydrogen-bond donors (Lipinski definition) is 2. The summed E-state index contributed by atoms with van der Waals surface area (Å²) in [5, 5.41) is 9.95. The molecule has 0 spiro atoms. The first kappa shape index (κ1) is 13.1. The molecule has 0 aliphatic carbocycles. The number of hydrogen-bond acceptors (Lipinski definition) is 1. The Bertz CT molecular complexity index is 589. The van der Waals surface area contributed by atoms with Crippen molar-refractivity contribution in [2.75, 3.05) is 0 Å². The average molecular weight is 310 g/mol. The summed E-state index contributed by atoms with van der Waals surface area (Å²) < 4.78 is 1.04. The fourth-order valence-electron chi connectivity index (χ4n) is 2.45. The highest BCUT2D eigenvalue weighted by Gasteiger charge is 2.16. The lowest BCUT2D eigenvalue weighted by atomic mass is 9.93. The summed E-state index contributed by atoms with van der Waals surface area (Å²) in [6.45, 7) is 4.12. The zero-order valence-corrected chi connectivity index (χ0v) is 12.0. The van der Waals surface area contributed by atoms with E-state index in [9.17, 15) is 4.79 Å². The summed E-state index contributed by atoms with van der Waals surface area (Å²) in [7, 11) is 0. The highest BCUT2D eigenvalue weighted by molar-refractivity contribution is 9.10. The van der Waals surface area contributed by atoms with Gasteiger partial charge in [-0.3, -0.25) is 4.79 Å². The quantitative estimate of drug-likeness (QED) is 0.889. The predicted molar refractivity (Wildman–Crippen MR) is 76.0 cm³/mol. The Kier molecular flexibility index (Phi) is 3.76. The second-order valence-corrected chi connectivity index (χ2v) is 5.51. The molecule has 3 nitrogen and oxygen atoms in total. The fraction of sp³-hybridized carbons (Fsp3) is 0.357. The largest absolute Gasteiger partial charge is 0.481 e. The number of halogens is 1. The van der Waals surface area contributed by atoms with Crippen molar-refractivity contribution >= 4 is 32.8 Å². The van der Waals surface area contributed by atoms with Gasteiger partial charge < -0.3 is 10.1 Å². The Morgan fingerprint density at radius 3 is 2.89 bits per heavy atom. The van der Waals surface area contributed by atoms with Crippen LogP contribution in [0, 0.1) is 6.92 Å². The van der Waals surface area contributed by atoms with Gasteiger partial charge in [0.1, 0.15) is 0 Å². The minimum atomic E-state index is -0.736. The first-order valence-corrected chi connectivity index (χ1v) is 6.78. The van der Waals surface area contributed by atoms with Crippen LogP contribution >= 0.6 is 15.9 Å². The van der Waals surface area contributed by atoms with Gasteiger partial charge in [-0.2, -0.15) is 0 Å². The van der Waals surface area contributed by atoms with E-state index < -0.39 is 5.97 Å². The van der Waals surface area contributed by atoms with E-state index in [0.29, 0.717) is 6.42 Å². The average Bonchev–Trinajstić information content (AvgIpc) is 2.64. The second kappa shape index (κ2) is 5.14. The van der Waals surface area contributed by atoms with Crippen LogP contribution in [-0.4, -0.2) is 16.1 Å². The van der Waals surface area contributed by atoms with Gasteiger partial charge in [0.15, 0.2) is 0 Å². The number of aromatic nitrogens is 1. The van der Waals surface area contributed by atoms with Gasteiger partial charge in [0.05, 0.1) is 5.52 Å². The highest BCUT2D eigenvalue weighted by Crippen LogP contribution is 2.34. The normalized spacial score (nSPS) is 12.8. The van der Waals surface area contributed by atoms with Crippen molar-refractivity contribution in [2.24, 2.45) is 0 Å². The summed E-state index contributed by atoms with van der Waals surface area (Å²) in [4.78, 5) is 14.0. The maximum atomic E-state index is 10.7. The predicted octanol–water partition coefficient (Wildman–Crippen LogP) is 4.21. The zero-order chi connectivity index (χ0) is 13.3. The van der Waals surface area contributed by atoms with Crippen LogP contribution in [-0.2, 0) is 4.79 Å². The number of nitrogens with one attached hydrogen (secondary N) is 1. The lowest BCUT2D eigenvalue weighted by Gasteiger charge is -2.10. The van der Waals surface area contributed by atoms with Crippen molar-refractivity contribution in [3.8, 4) is 0 Å². The number of aromatic amines is 1. The van der Waals surface area contributed by atoms with Crippen molar-refractivity contribution in [3.05, 3.63) is 33.9 Å². The number of carboxylic acids is 1. The van der Waals surface area contributed by atoms with Crippen molar-refractivity contribution in [1.29, 1.82) is 0 Å². The topological polar surface area (TPSA) is 53.1 Å². The van der Waals surface area contributed by atoms with Gasteiger partial charge in [0.2, 0.25) is 0 Å². The van der Waals surface area contributed by atoms with Gasteiger partial charge in [-0.15, -0.1) is 0 Å². The third kappa shape index (κ3) is 2.43. The van der Waals surface area contributed by atoms with E-state index in [1.807, 2.05) is 19.1 Å². The molecule has 2 aromatic rings. The molecule has 1 aromatic heterocycles. The molecule has 0 saturated heterocycles. The van der Waals surface area contributed by atoms with Gasteiger partial charge >= 0.3 is 5.97 Å². The van der Waals surface area contributed by atoms with E-state index in [-0.39, 0.29) is 12.3 Å². The number of aliphatic carboxylic acids is 1. The Labute approximate surface area is 114 Å². The van der Waals surface area contributed by atoms with Crippen LogP contribution in [0.15, 0.2) is 22.7 Å². The number of H-pyrrole nitrogens is 1. The molecule has 1 aromatic carbocycles. The molecular formula is C14H16BrNO2. The van der Waals surface area contributed by atoms with Crippen LogP contribution in [0.2, 0.25) is 0 Å². The minimum absolute atomic E-state index is 0.210. The molecule has 1 atom stereocenters. The molecule has 18 heavy (non-hydrogen) atoms. The van der Waals surface area contributed by atoms with Crippen LogP contribution < -0.4 is 0 Å². The van der Waals surface area contributed by atoms with Gasteiger partial charge in [-0.05, 0) is 46.8 Å². The summed E-state index contributed by atoms with van der Waals surface area (Å²) in [5.74, 6) is -0.496. The first-order valence-electron chi connectivity index (χ1n) is 5.99. The molecule has 1 unspecified atom stereocenters. The van der Waals surface area contributed by atoms with E-state index in [0.717, 1.165) is 15.7 Å². The lowest BCUT2D eigenvalue weighted by Crippen LogP contribution is -2.00. The number of fused-ring (bicyclic) bond motifs is 1. The molecule has 4 heteroatoms.